The molecule has 5 nitrogen and oxygen atoms in total. The van der Waals surface area contributed by atoms with Crippen molar-refractivity contribution in [1.82, 2.24) is 5.32 Å². The Kier molecular flexibility index (Phi) is 5.16. The van der Waals surface area contributed by atoms with Crippen LogP contribution in [-0.2, 0) is 4.74 Å². The van der Waals surface area contributed by atoms with E-state index >= 15 is 0 Å². The van der Waals surface area contributed by atoms with E-state index in [1.165, 1.54) is 0 Å². The molecule has 0 bridgehead atoms. The first-order valence-corrected chi connectivity index (χ1v) is 7.87. The van der Waals surface area contributed by atoms with E-state index in [0.29, 0.717) is 0 Å². The third kappa shape index (κ3) is 5.47. The lowest BCUT2D eigenvalue weighted by Gasteiger charge is -2.31. The molecule has 1 aliphatic carbocycles. The Morgan fingerprint density at radius 3 is 2.68 bits per heavy atom. The Bertz CT molecular complexity index is 511. The van der Waals surface area contributed by atoms with Crippen molar-refractivity contribution >= 4 is 11.8 Å². The van der Waals surface area contributed by atoms with Gasteiger partial charge in [0.2, 0.25) is 0 Å². The van der Waals surface area contributed by atoms with Gasteiger partial charge in [0.25, 0.3) is 0 Å². The Labute approximate surface area is 132 Å². The smallest absolute Gasteiger partial charge is 0.407 e. The first-order valence-electron chi connectivity index (χ1n) is 7.87. The van der Waals surface area contributed by atoms with E-state index in [9.17, 15) is 9.90 Å². The highest BCUT2D eigenvalue weighted by atomic mass is 16.6. The number of carbonyl (C=O) groups excluding carboxylic acids is 1. The van der Waals surface area contributed by atoms with E-state index in [0.717, 1.165) is 31.4 Å². The molecule has 5 heteroatoms. The van der Waals surface area contributed by atoms with Gasteiger partial charge in [0.15, 0.2) is 0 Å². The highest BCUT2D eigenvalue weighted by molar-refractivity contribution is 5.68. The number of phenols is 1. The van der Waals surface area contributed by atoms with E-state index in [1.54, 1.807) is 12.1 Å². The summed E-state index contributed by atoms with van der Waals surface area (Å²) < 4.78 is 5.31. The lowest BCUT2D eigenvalue weighted by molar-refractivity contribution is 0.0492. The van der Waals surface area contributed by atoms with E-state index in [-0.39, 0.29) is 23.9 Å². The second-order valence-electron chi connectivity index (χ2n) is 6.90. The summed E-state index contributed by atoms with van der Waals surface area (Å²) in [6.07, 6.45) is 3.58. The normalized spacial score (nSPS) is 22.0. The fourth-order valence-corrected chi connectivity index (χ4v) is 2.76. The standard InChI is InChI=1S/C17H26N2O3/c1-17(2,3)22-16(21)19-13-7-4-6-12(10-13)18-14-8-5-9-15(20)11-14/h5,8-9,11-13,18,20H,4,6-7,10H2,1-3H3,(H,19,21). The van der Waals surface area contributed by atoms with Gasteiger partial charge in [0.1, 0.15) is 11.4 Å². The number of hydrogen-bond donors (Lipinski definition) is 3. The van der Waals surface area contributed by atoms with Crippen LogP contribution in [0.25, 0.3) is 0 Å². The van der Waals surface area contributed by atoms with Crippen LogP contribution in [0.15, 0.2) is 24.3 Å². The van der Waals surface area contributed by atoms with Gasteiger partial charge in [-0.05, 0) is 58.6 Å². The number of anilines is 1. The van der Waals surface area contributed by atoms with E-state index in [1.807, 2.05) is 32.9 Å². The summed E-state index contributed by atoms with van der Waals surface area (Å²) in [7, 11) is 0. The number of hydrogen-bond acceptors (Lipinski definition) is 4. The van der Waals surface area contributed by atoms with Crippen molar-refractivity contribution in [2.75, 3.05) is 5.32 Å². The van der Waals surface area contributed by atoms with Crippen LogP contribution < -0.4 is 10.6 Å². The fourth-order valence-electron chi connectivity index (χ4n) is 2.76. The highest BCUT2D eigenvalue weighted by Crippen LogP contribution is 2.24. The van der Waals surface area contributed by atoms with Crippen molar-refractivity contribution in [2.45, 2.75) is 64.1 Å². The Morgan fingerprint density at radius 2 is 2.00 bits per heavy atom. The van der Waals surface area contributed by atoms with Crippen LogP contribution in [0.2, 0.25) is 0 Å². The number of amides is 1. The van der Waals surface area contributed by atoms with Gasteiger partial charge >= 0.3 is 6.09 Å². The summed E-state index contributed by atoms with van der Waals surface area (Å²) in [5, 5.41) is 15.9. The van der Waals surface area contributed by atoms with Crippen molar-refractivity contribution in [3.63, 3.8) is 0 Å². The maximum Gasteiger partial charge on any atom is 0.407 e. The van der Waals surface area contributed by atoms with E-state index < -0.39 is 5.60 Å². The number of ether oxygens (including phenoxy) is 1. The maximum atomic E-state index is 11.8. The minimum atomic E-state index is -0.474. The summed E-state index contributed by atoms with van der Waals surface area (Å²) in [5.74, 6) is 0.254. The number of rotatable bonds is 3. The van der Waals surface area contributed by atoms with Gasteiger partial charge in [-0.3, -0.25) is 0 Å². The van der Waals surface area contributed by atoms with Gasteiger partial charge < -0.3 is 20.5 Å². The molecular formula is C17H26N2O3. The molecule has 0 aliphatic heterocycles. The molecule has 0 radical (unpaired) electrons. The molecular weight excluding hydrogens is 280 g/mol. The molecule has 1 amide bonds. The fraction of sp³-hybridized carbons (Fsp3) is 0.588. The van der Waals surface area contributed by atoms with E-state index in [2.05, 4.69) is 10.6 Å². The predicted molar refractivity (Wildman–Crippen MR) is 87.1 cm³/mol. The summed E-state index contributed by atoms with van der Waals surface area (Å²) in [4.78, 5) is 11.8. The molecule has 2 atom stereocenters. The molecule has 122 valence electrons. The number of carbonyl (C=O) groups is 1. The molecule has 1 aromatic carbocycles. The van der Waals surface area contributed by atoms with Crippen LogP contribution in [0.1, 0.15) is 46.5 Å². The van der Waals surface area contributed by atoms with E-state index in [4.69, 9.17) is 4.74 Å². The molecule has 2 rings (SSSR count). The quantitative estimate of drug-likeness (QED) is 0.797. The minimum Gasteiger partial charge on any atom is -0.508 e. The third-order valence-corrected chi connectivity index (χ3v) is 3.61. The Hall–Kier alpha value is -1.91. The molecule has 0 heterocycles. The van der Waals surface area contributed by atoms with Crippen LogP contribution in [0.3, 0.4) is 0 Å². The monoisotopic (exact) mass is 306 g/mol. The van der Waals surface area contributed by atoms with Gasteiger partial charge in [-0.25, -0.2) is 4.79 Å². The number of alkyl carbamates (subject to hydrolysis) is 1. The number of aromatic hydroxyl groups is 1. The SMILES string of the molecule is CC(C)(C)OC(=O)NC1CCCC(Nc2cccc(O)c2)C1. The van der Waals surface area contributed by atoms with Crippen LogP contribution in [0, 0.1) is 0 Å². The minimum absolute atomic E-state index is 0.124. The zero-order valence-corrected chi connectivity index (χ0v) is 13.6. The molecule has 1 saturated carbocycles. The molecule has 1 fully saturated rings. The lowest BCUT2D eigenvalue weighted by atomic mass is 9.91. The second kappa shape index (κ2) is 6.90. The van der Waals surface area contributed by atoms with Crippen LogP contribution >= 0.6 is 0 Å². The van der Waals surface area contributed by atoms with Crippen LogP contribution in [0.5, 0.6) is 5.75 Å². The number of nitrogens with one attached hydrogen (secondary N) is 2. The van der Waals surface area contributed by atoms with Crippen molar-refractivity contribution in [3.8, 4) is 5.75 Å². The first-order chi connectivity index (χ1) is 10.3. The molecule has 2 unspecified atom stereocenters. The van der Waals surface area contributed by atoms with Crippen LogP contribution in [0.4, 0.5) is 10.5 Å². The molecule has 22 heavy (non-hydrogen) atoms. The molecule has 3 N–H and O–H groups in total. The van der Waals surface area contributed by atoms with Gasteiger partial charge in [0, 0.05) is 23.8 Å². The zero-order chi connectivity index (χ0) is 16.2. The highest BCUT2D eigenvalue weighted by Gasteiger charge is 2.25. The topological polar surface area (TPSA) is 70.6 Å². The Morgan fingerprint density at radius 1 is 1.27 bits per heavy atom. The zero-order valence-electron chi connectivity index (χ0n) is 13.6. The van der Waals surface area contributed by atoms with Gasteiger partial charge in [-0.15, -0.1) is 0 Å². The van der Waals surface area contributed by atoms with Crippen molar-refractivity contribution < 1.29 is 14.6 Å². The summed E-state index contributed by atoms with van der Waals surface area (Å²) >= 11 is 0. The van der Waals surface area contributed by atoms with Gasteiger partial charge in [-0.2, -0.15) is 0 Å². The Balaban J connectivity index is 1.85. The average molecular weight is 306 g/mol. The summed E-state index contributed by atoms with van der Waals surface area (Å²) in [6, 6.07) is 7.53. The second-order valence-corrected chi connectivity index (χ2v) is 6.90. The predicted octanol–water partition coefficient (Wildman–Crippen LogP) is 3.64. The number of benzene rings is 1. The molecule has 1 aliphatic rings. The van der Waals surface area contributed by atoms with Crippen molar-refractivity contribution in [1.29, 1.82) is 0 Å². The third-order valence-electron chi connectivity index (χ3n) is 3.61. The number of phenolic OH excluding ortho intramolecular Hbond substituents is 1. The maximum absolute atomic E-state index is 11.8. The molecule has 0 spiro atoms. The summed E-state index contributed by atoms with van der Waals surface area (Å²) in [6.45, 7) is 5.58. The first kappa shape index (κ1) is 16.5. The molecule has 0 saturated heterocycles. The van der Waals surface area contributed by atoms with Crippen molar-refractivity contribution in [2.24, 2.45) is 0 Å². The molecule has 1 aromatic rings. The van der Waals surface area contributed by atoms with Crippen LogP contribution in [-0.4, -0.2) is 28.9 Å². The lowest BCUT2D eigenvalue weighted by Crippen LogP contribution is -2.43. The average Bonchev–Trinajstić information content (AvgIpc) is 2.36. The largest absolute Gasteiger partial charge is 0.508 e. The van der Waals surface area contributed by atoms with Gasteiger partial charge in [0.05, 0.1) is 0 Å². The summed E-state index contributed by atoms with van der Waals surface area (Å²) in [5.41, 5.74) is 0.431. The van der Waals surface area contributed by atoms with Crippen molar-refractivity contribution in [3.05, 3.63) is 24.3 Å². The molecule has 0 aromatic heterocycles. The van der Waals surface area contributed by atoms with Gasteiger partial charge in [-0.1, -0.05) is 6.07 Å².